The van der Waals surface area contributed by atoms with Gasteiger partial charge in [-0.1, -0.05) is 18.2 Å². The van der Waals surface area contributed by atoms with Crippen LogP contribution in [0.3, 0.4) is 0 Å². The number of hydrogen-bond donors (Lipinski definition) is 2. The van der Waals surface area contributed by atoms with Gasteiger partial charge in [0.25, 0.3) is 17.0 Å². The fraction of sp³-hybridized carbons (Fsp3) is 0.296. The third kappa shape index (κ3) is 4.59. The van der Waals surface area contributed by atoms with Crippen LogP contribution in [0.5, 0.6) is 11.5 Å². The molecule has 200 valence electrons. The van der Waals surface area contributed by atoms with E-state index in [-0.39, 0.29) is 22.3 Å². The topological polar surface area (TPSA) is 98.1 Å². The number of aromatic amines is 1. The monoisotopic (exact) mass is 528 g/mol. The first-order chi connectivity index (χ1) is 17.6. The van der Waals surface area contributed by atoms with E-state index in [0.29, 0.717) is 16.9 Å². The molecular weight excluding hydrogens is 501 g/mol. The average Bonchev–Trinajstić information content (AvgIpc) is 3.27. The number of nitrogens with zero attached hydrogens (tertiary/aromatic N) is 2. The van der Waals surface area contributed by atoms with E-state index in [2.05, 4.69) is 4.98 Å². The van der Waals surface area contributed by atoms with Crippen LogP contribution in [-0.4, -0.2) is 31.7 Å². The SMILES string of the molecule is Cc1cccc(C)c1Oc1c(-c2cn(C)c(=O)c3[nH]c(C(=O)NC(C)(C)C(F)(F)F)cc23)ccn(C)c1=O. The van der Waals surface area contributed by atoms with Crippen molar-refractivity contribution in [1.82, 2.24) is 19.4 Å². The van der Waals surface area contributed by atoms with Gasteiger partial charge in [-0.25, -0.2) is 0 Å². The van der Waals surface area contributed by atoms with E-state index >= 15 is 0 Å². The van der Waals surface area contributed by atoms with Crippen LogP contribution in [0, 0.1) is 13.8 Å². The lowest BCUT2D eigenvalue weighted by Gasteiger charge is -2.28. The lowest BCUT2D eigenvalue weighted by atomic mass is 10.0. The standard InChI is InChI=1S/C27H27F3N4O4/c1-14-8-7-9-15(2)21(14)38-22-16(10-11-33(5)25(22)37)18-13-34(6)24(36)20-17(18)12-19(31-20)23(35)32-26(3,4)27(28,29)30/h7-13,31H,1-6H3,(H,32,35). The Bertz CT molecular complexity index is 1670. The summed E-state index contributed by atoms with van der Waals surface area (Å²) in [5, 5.41) is 2.21. The number of aryl methyl sites for hydroxylation is 4. The van der Waals surface area contributed by atoms with Crippen molar-refractivity contribution < 1.29 is 22.7 Å². The summed E-state index contributed by atoms with van der Waals surface area (Å²) >= 11 is 0. The molecule has 0 saturated carbocycles. The van der Waals surface area contributed by atoms with E-state index < -0.39 is 28.7 Å². The van der Waals surface area contributed by atoms with Gasteiger partial charge < -0.3 is 24.2 Å². The van der Waals surface area contributed by atoms with Crippen LogP contribution in [0.4, 0.5) is 13.2 Å². The van der Waals surface area contributed by atoms with Crippen LogP contribution in [0.15, 0.2) is 52.3 Å². The number of carbonyl (C=O) groups is 1. The van der Waals surface area contributed by atoms with Crippen molar-refractivity contribution in [1.29, 1.82) is 0 Å². The second-order valence-corrected chi connectivity index (χ2v) is 9.80. The summed E-state index contributed by atoms with van der Waals surface area (Å²) in [6.45, 7) is 5.38. The smallest absolute Gasteiger partial charge is 0.410 e. The zero-order chi connectivity index (χ0) is 28.2. The van der Waals surface area contributed by atoms with E-state index in [1.807, 2.05) is 37.4 Å². The molecule has 0 spiro atoms. The number of H-pyrrole nitrogens is 1. The molecule has 0 aliphatic carbocycles. The summed E-state index contributed by atoms with van der Waals surface area (Å²) < 4.78 is 48.8. The summed E-state index contributed by atoms with van der Waals surface area (Å²) in [5.74, 6) is -0.535. The Hall–Kier alpha value is -4.28. The Morgan fingerprint density at radius 2 is 1.58 bits per heavy atom. The maximum Gasteiger partial charge on any atom is 0.410 e. The minimum Gasteiger partial charge on any atom is -0.450 e. The molecule has 1 aromatic carbocycles. The van der Waals surface area contributed by atoms with Crippen molar-refractivity contribution in [2.45, 2.75) is 39.4 Å². The summed E-state index contributed by atoms with van der Waals surface area (Å²) in [7, 11) is 3.06. The fourth-order valence-corrected chi connectivity index (χ4v) is 4.07. The summed E-state index contributed by atoms with van der Waals surface area (Å²) in [5.41, 5.74) is -1.34. The number of para-hydroxylation sites is 1. The van der Waals surface area contributed by atoms with Crippen molar-refractivity contribution in [3.05, 3.63) is 80.3 Å². The normalized spacial score (nSPS) is 12.1. The second-order valence-electron chi connectivity index (χ2n) is 9.80. The number of alkyl halides is 3. The number of aromatic nitrogens is 3. The molecule has 3 aromatic heterocycles. The highest BCUT2D eigenvalue weighted by Crippen LogP contribution is 2.36. The largest absolute Gasteiger partial charge is 0.450 e. The van der Waals surface area contributed by atoms with Crippen LogP contribution >= 0.6 is 0 Å². The Morgan fingerprint density at radius 3 is 2.18 bits per heavy atom. The number of nitrogens with one attached hydrogen (secondary N) is 2. The number of carbonyl (C=O) groups excluding carboxylic acids is 1. The number of halogens is 3. The van der Waals surface area contributed by atoms with Gasteiger partial charge in [0.1, 0.15) is 22.5 Å². The molecule has 4 rings (SSSR count). The van der Waals surface area contributed by atoms with Gasteiger partial charge in [-0.3, -0.25) is 14.4 Å². The number of pyridine rings is 2. The highest BCUT2D eigenvalue weighted by molar-refractivity contribution is 6.03. The van der Waals surface area contributed by atoms with Crippen molar-refractivity contribution in [2.75, 3.05) is 0 Å². The van der Waals surface area contributed by atoms with Gasteiger partial charge in [-0.05, 0) is 51.0 Å². The summed E-state index contributed by atoms with van der Waals surface area (Å²) in [6, 6.07) is 8.50. The van der Waals surface area contributed by atoms with E-state index in [0.717, 1.165) is 25.0 Å². The van der Waals surface area contributed by atoms with Crippen molar-refractivity contribution in [3.8, 4) is 22.6 Å². The maximum atomic E-state index is 13.3. The van der Waals surface area contributed by atoms with Gasteiger partial charge in [-0.15, -0.1) is 0 Å². The molecule has 11 heteroatoms. The second kappa shape index (κ2) is 9.23. The predicted molar refractivity (Wildman–Crippen MR) is 138 cm³/mol. The molecule has 0 saturated heterocycles. The van der Waals surface area contributed by atoms with Gasteiger partial charge in [0.2, 0.25) is 0 Å². The van der Waals surface area contributed by atoms with E-state index in [4.69, 9.17) is 4.74 Å². The number of rotatable bonds is 5. The molecular formula is C27H27F3N4O4. The Kier molecular flexibility index (Phi) is 6.50. The molecule has 1 amide bonds. The Balaban J connectivity index is 1.92. The molecule has 0 aliphatic rings. The average molecular weight is 529 g/mol. The molecule has 0 bridgehead atoms. The van der Waals surface area contributed by atoms with Crippen molar-refractivity contribution in [3.63, 3.8) is 0 Å². The van der Waals surface area contributed by atoms with E-state index in [9.17, 15) is 27.6 Å². The highest BCUT2D eigenvalue weighted by Gasteiger charge is 2.48. The van der Waals surface area contributed by atoms with Crippen LogP contribution in [0.25, 0.3) is 22.0 Å². The molecule has 38 heavy (non-hydrogen) atoms. The zero-order valence-corrected chi connectivity index (χ0v) is 21.7. The minimum absolute atomic E-state index is 0.00124. The molecule has 0 radical (unpaired) electrons. The quantitative estimate of drug-likeness (QED) is 0.392. The molecule has 0 unspecified atom stereocenters. The van der Waals surface area contributed by atoms with Crippen molar-refractivity contribution in [2.24, 2.45) is 14.1 Å². The molecule has 0 fully saturated rings. The van der Waals surface area contributed by atoms with Gasteiger partial charge in [-0.2, -0.15) is 13.2 Å². The Labute approximate surface area is 215 Å². The van der Waals surface area contributed by atoms with Crippen LogP contribution < -0.4 is 21.2 Å². The van der Waals surface area contributed by atoms with Gasteiger partial charge in [0.15, 0.2) is 5.75 Å². The van der Waals surface area contributed by atoms with Crippen molar-refractivity contribution >= 4 is 16.8 Å². The zero-order valence-electron chi connectivity index (χ0n) is 21.7. The number of ether oxygens (including phenoxy) is 1. The summed E-state index contributed by atoms with van der Waals surface area (Å²) in [6.07, 6.45) is -1.66. The number of benzene rings is 1. The number of amides is 1. The molecule has 8 nitrogen and oxygen atoms in total. The lowest BCUT2D eigenvalue weighted by Crippen LogP contribution is -2.54. The highest BCUT2D eigenvalue weighted by atomic mass is 19.4. The molecule has 0 atom stereocenters. The number of fused-ring (bicyclic) bond motifs is 1. The van der Waals surface area contributed by atoms with E-state index in [1.54, 1.807) is 13.1 Å². The van der Waals surface area contributed by atoms with Crippen LogP contribution in [0.2, 0.25) is 0 Å². The van der Waals surface area contributed by atoms with Crippen LogP contribution in [0.1, 0.15) is 35.5 Å². The van der Waals surface area contributed by atoms with Gasteiger partial charge >= 0.3 is 6.18 Å². The molecule has 2 N–H and O–H groups in total. The Morgan fingerprint density at radius 1 is 0.947 bits per heavy atom. The lowest BCUT2D eigenvalue weighted by molar-refractivity contribution is -0.182. The van der Waals surface area contributed by atoms with E-state index in [1.165, 1.54) is 34.6 Å². The maximum absolute atomic E-state index is 13.3. The fourth-order valence-electron chi connectivity index (χ4n) is 4.07. The summed E-state index contributed by atoms with van der Waals surface area (Å²) in [4.78, 5) is 41.6. The molecule has 0 aliphatic heterocycles. The predicted octanol–water partition coefficient (Wildman–Crippen LogP) is 4.71. The minimum atomic E-state index is -4.69. The van der Waals surface area contributed by atoms with Crippen LogP contribution in [-0.2, 0) is 14.1 Å². The number of hydrogen-bond acceptors (Lipinski definition) is 4. The van der Waals surface area contributed by atoms with Gasteiger partial charge in [0, 0.05) is 43.0 Å². The first-order valence-corrected chi connectivity index (χ1v) is 11.7. The first-order valence-electron chi connectivity index (χ1n) is 11.7. The third-order valence-corrected chi connectivity index (χ3v) is 6.47. The first kappa shape index (κ1) is 26.8. The molecule has 3 heterocycles. The van der Waals surface area contributed by atoms with Gasteiger partial charge in [0.05, 0.1) is 0 Å². The third-order valence-electron chi connectivity index (χ3n) is 6.47. The molecule has 4 aromatic rings.